The van der Waals surface area contributed by atoms with Crippen molar-refractivity contribution < 1.29 is 43.3 Å². The number of carboxylic acid groups (broad SMARTS) is 1. The molecule has 0 aliphatic carbocycles. The minimum absolute atomic E-state index is 0.0159. The predicted octanol–water partition coefficient (Wildman–Crippen LogP) is 2.42. The van der Waals surface area contributed by atoms with Gasteiger partial charge in [-0.15, -0.1) is 11.8 Å². The molecule has 222 valence electrons. The molecule has 2 saturated heterocycles. The van der Waals surface area contributed by atoms with Gasteiger partial charge in [0.2, 0.25) is 11.8 Å². The first-order chi connectivity index (χ1) is 19.9. The van der Waals surface area contributed by atoms with Crippen LogP contribution in [0.25, 0.3) is 0 Å². The summed E-state index contributed by atoms with van der Waals surface area (Å²) in [7, 11) is 0. The zero-order valence-electron chi connectivity index (χ0n) is 23.4. The molecule has 0 radical (unpaired) electrons. The lowest BCUT2D eigenvalue weighted by Crippen LogP contribution is -2.71. The van der Waals surface area contributed by atoms with Crippen LogP contribution < -0.4 is 20.1 Å². The average Bonchev–Trinajstić information content (AvgIpc) is 3.23. The zero-order valence-corrected chi connectivity index (χ0v) is 24.2. The highest BCUT2D eigenvalue weighted by Gasteiger charge is 2.64. The van der Waals surface area contributed by atoms with Crippen molar-refractivity contribution in [3.8, 4) is 11.5 Å². The third-order valence-corrected chi connectivity index (χ3v) is 8.45. The lowest BCUT2D eigenvalue weighted by Gasteiger charge is -2.44. The second-order valence-electron chi connectivity index (χ2n) is 10.2. The number of ether oxygens (including phenoxy) is 2. The molecule has 42 heavy (non-hydrogen) atoms. The molecule has 2 fully saturated rings. The van der Waals surface area contributed by atoms with E-state index in [1.54, 1.807) is 58.0 Å². The molecule has 2 heterocycles. The standard InChI is InChI=1S/C29H31N3O9S/c1-5-19(33)40-17-13-12-16(14-18(17)41-20(34)6-2)24(35)30-21(15-10-8-7-9-11-15)25(36)31-22-26(37)32-23(28(38)39)29(3,4)42-27(22)32/h7-14,21-23,27H,5-6H2,1-4H3,(H,30,35)(H,31,36)(H,38,39)/t21?,22-,23+,27-/m1/s1. The van der Waals surface area contributed by atoms with Crippen molar-refractivity contribution in [1.29, 1.82) is 0 Å². The summed E-state index contributed by atoms with van der Waals surface area (Å²) in [6.45, 7) is 6.64. The van der Waals surface area contributed by atoms with Crippen LogP contribution in [0.5, 0.6) is 11.5 Å². The van der Waals surface area contributed by atoms with Crippen molar-refractivity contribution in [2.45, 2.75) is 68.8 Å². The number of carbonyl (C=O) groups excluding carboxylic acids is 5. The fraction of sp³-hybridized carbons (Fsp3) is 0.379. The molecular formula is C29H31N3O9S. The van der Waals surface area contributed by atoms with E-state index in [2.05, 4.69) is 10.6 Å². The number of aliphatic carboxylic acids is 1. The maximum Gasteiger partial charge on any atom is 0.327 e. The van der Waals surface area contributed by atoms with Crippen LogP contribution in [0.1, 0.15) is 62.5 Å². The number of thioether (sulfide) groups is 1. The number of nitrogens with zero attached hydrogens (tertiary/aromatic N) is 1. The van der Waals surface area contributed by atoms with Crippen LogP contribution in [0.3, 0.4) is 0 Å². The SMILES string of the molecule is CCC(=O)Oc1ccc(C(=O)NC(C(=O)N[C@@H]2C(=O)N3[C@@H]2SC(C)(C)[C@@H]3C(=O)O)c2ccccc2)cc1OC(=O)CC. The molecule has 0 bridgehead atoms. The highest BCUT2D eigenvalue weighted by molar-refractivity contribution is 8.01. The van der Waals surface area contributed by atoms with Gasteiger partial charge in [0.05, 0.1) is 0 Å². The lowest BCUT2D eigenvalue weighted by atomic mass is 9.95. The second kappa shape index (κ2) is 12.2. The van der Waals surface area contributed by atoms with Crippen molar-refractivity contribution in [3.63, 3.8) is 0 Å². The highest BCUT2D eigenvalue weighted by Crippen LogP contribution is 2.50. The van der Waals surface area contributed by atoms with Crippen LogP contribution in [-0.4, -0.2) is 67.8 Å². The molecule has 3 amide bonds. The van der Waals surface area contributed by atoms with Gasteiger partial charge in [0.25, 0.3) is 5.91 Å². The van der Waals surface area contributed by atoms with E-state index in [1.165, 1.54) is 34.9 Å². The number of esters is 2. The van der Waals surface area contributed by atoms with Crippen LogP contribution in [0.15, 0.2) is 48.5 Å². The molecule has 0 spiro atoms. The van der Waals surface area contributed by atoms with E-state index in [-0.39, 0.29) is 29.9 Å². The maximum absolute atomic E-state index is 13.5. The van der Waals surface area contributed by atoms with Gasteiger partial charge in [0.1, 0.15) is 23.5 Å². The van der Waals surface area contributed by atoms with Crippen LogP contribution in [0, 0.1) is 0 Å². The quantitative estimate of drug-likeness (QED) is 0.210. The Kier molecular flexibility index (Phi) is 8.90. The monoisotopic (exact) mass is 597 g/mol. The smallest absolute Gasteiger partial charge is 0.327 e. The van der Waals surface area contributed by atoms with E-state index in [0.717, 1.165) is 0 Å². The number of carbonyl (C=O) groups is 6. The molecule has 3 N–H and O–H groups in total. The van der Waals surface area contributed by atoms with Crippen LogP contribution in [-0.2, 0) is 24.0 Å². The van der Waals surface area contributed by atoms with Gasteiger partial charge >= 0.3 is 17.9 Å². The van der Waals surface area contributed by atoms with Crippen LogP contribution in [0.4, 0.5) is 0 Å². The summed E-state index contributed by atoms with van der Waals surface area (Å²) in [5.41, 5.74) is 0.447. The Balaban J connectivity index is 1.56. The first-order valence-electron chi connectivity index (χ1n) is 13.3. The normalized spacial score (nSPS) is 20.9. The molecule has 2 aromatic carbocycles. The van der Waals surface area contributed by atoms with Crippen molar-refractivity contribution in [2.75, 3.05) is 0 Å². The topological polar surface area (TPSA) is 168 Å². The maximum atomic E-state index is 13.5. The van der Waals surface area contributed by atoms with Crippen molar-refractivity contribution in [2.24, 2.45) is 0 Å². The van der Waals surface area contributed by atoms with Crippen molar-refractivity contribution in [1.82, 2.24) is 15.5 Å². The highest BCUT2D eigenvalue weighted by atomic mass is 32.2. The molecule has 0 aromatic heterocycles. The summed E-state index contributed by atoms with van der Waals surface area (Å²) >= 11 is 1.29. The Morgan fingerprint density at radius 2 is 1.60 bits per heavy atom. The number of nitrogens with one attached hydrogen (secondary N) is 2. The first-order valence-corrected chi connectivity index (χ1v) is 14.2. The molecule has 2 aromatic rings. The van der Waals surface area contributed by atoms with E-state index >= 15 is 0 Å². The number of hydrogen-bond donors (Lipinski definition) is 3. The van der Waals surface area contributed by atoms with E-state index < -0.39 is 63.9 Å². The van der Waals surface area contributed by atoms with Gasteiger partial charge in [0, 0.05) is 23.2 Å². The molecule has 1 unspecified atom stereocenters. The Bertz CT molecular complexity index is 1430. The van der Waals surface area contributed by atoms with Crippen molar-refractivity contribution in [3.05, 3.63) is 59.7 Å². The second-order valence-corrected chi connectivity index (χ2v) is 12.0. The minimum Gasteiger partial charge on any atom is -0.480 e. The Morgan fingerprint density at radius 1 is 0.976 bits per heavy atom. The Morgan fingerprint density at radius 3 is 2.19 bits per heavy atom. The number of rotatable bonds is 10. The van der Waals surface area contributed by atoms with Gasteiger partial charge in [-0.05, 0) is 37.6 Å². The summed E-state index contributed by atoms with van der Waals surface area (Å²) < 4.78 is 9.73. The Labute approximate surface area is 246 Å². The molecule has 4 rings (SSSR count). The molecule has 12 nitrogen and oxygen atoms in total. The average molecular weight is 598 g/mol. The number of carboxylic acids is 1. The van der Waals surface area contributed by atoms with Gasteiger partial charge in [0.15, 0.2) is 11.5 Å². The predicted molar refractivity (Wildman–Crippen MR) is 151 cm³/mol. The van der Waals surface area contributed by atoms with Crippen LogP contribution in [0.2, 0.25) is 0 Å². The van der Waals surface area contributed by atoms with E-state index in [0.29, 0.717) is 5.56 Å². The first kappa shape index (κ1) is 30.6. The number of amides is 3. The fourth-order valence-corrected chi connectivity index (χ4v) is 6.37. The number of benzene rings is 2. The minimum atomic E-state index is -1.23. The molecule has 2 aliphatic heterocycles. The zero-order chi connectivity index (χ0) is 30.8. The summed E-state index contributed by atoms with van der Waals surface area (Å²) in [6.07, 6.45) is 0.112. The molecular weight excluding hydrogens is 566 g/mol. The van der Waals surface area contributed by atoms with Gasteiger partial charge in [-0.3, -0.25) is 24.0 Å². The molecule has 13 heteroatoms. The van der Waals surface area contributed by atoms with Crippen molar-refractivity contribution >= 4 is 47.4 Å². The molecule has 0 saturated carbocycles. The summed E-state index contributed by atoms with van der Waals surface area (Å²) in [6, 6.07) is 9.05. The van der Waals surface area contributed by atoms with Gasteiger partial charge in [-0.25, -0.2) is 4.79 Å². The summed E-state index contributed by atoms with van der Waals surface area (Å²) in [4.78, 5) is 76.7. The van der Waals surface area contributed by atoms with E-state index in [1.807, 2.05) is 0 Å². The van der Waals surface area contributed by atoms with E-state index in [4.69, 9.17) is 9.47 Å². The lowest BCUT2D eigenvalue weighted by molar-refractivity contribution is -0.161. The third kappa shape index (κ3) is 6.10. The van der Waals surface area contributed by atoms with Gasteiger partial charge in [-0.1, -0.05) is 44.2 Å². The fourth-order valence-electron chi connectivity index (χ4n) is 4.75. The van der Waals surface area contributed by atoms with Gasteiger partial charge in [-0.2, -0.15) is 0 Å². The van der Waals surface area contributed by atoms with Crippen LogP contribution >= 0.6 is 11.8 Å². The summed E-state index contributed by atoms with van der Waals surface area (Å²) in [5.74, 6) is -4.36. The number of fused-ring (bicyclic) bond motifs is 1. The summed E-state index contributed by atoms with van der Waals surface area (Å²) in [5, 5.41) is 14.4. The van der Waals surface area contributed by atoms with Gasteiger partial charge < -0.3 is 30.1 Å². The number of β-lactam (4-membered cyclic amide) rings is 1. The number of hydrogen-bond acceptors (Lipinski definition) is 9. The Hall–Kier alpha value is -4.39. The molecule has 4 atom stereocenters. The van der Waals surface area contributed by atoms with E-state index in [9.17, 15) is 33.9 Å². The molecule has 2 aliphatic rings. The largest absolute Gasteiger partial charge is 0.480 e. The third-order valence-electron chi connectivity index (χ3n) is 6.87.